The highest BCUT2D eigenvalue weighted by Crippen LogP contribution is 2.28. The van der Waals surface area contributed by atoms with E-state index in [1.165, 1.54) is 13.0 Å². The monoisotopic (exact) mass is 377 g/mol. The van der Waals surface area contributed by atoms with Crippen molar-refractivity contribution in [3.05, 3.63) is 65.0 Å². The van der Waals surface area contributed by atoms with Crippen LogP contribution in [0.5, 0.6) is 0 Å². The van der Waals surface area contributed by atoms with Crippen molar-refractivity contribution in [2.24, 2.45) is 0 Å². The summed E-state index contributed by atoms with van der Waals surface area (Å²) in [6, 6.07) is 11.4. The average Bonchev–Trinajstić information content (AvgIpc) is 3.14. The van der Waals surface area contributed by atoms with Gasteiger partial charge in [0.15, 0.2) is 0 Å². The molecule has 2 aromatic rings. The molecule has 0 aliphatic carbocycles. The molecule has 1 aromatic heterocycles. The summed E-state index contributed by atoms with van der Waals surface area (Å²) in [5, 5.41) is 2.97. The van der Waals surface area contributed by atoms with Crippen molar-refractivity contribution in [2.75, 3.05) is 19.6 Å². The van der Waals surface area contributed by atoms with Gasteiger partial charge in [-0.3, -0.25) is 4.79 Å². The van der Waals surface area contributed by atoms with Crippen LogP contribution in [0, 0.1) is 6.92 Å². The average molecular weight is 377 g/mol. The van der Waals surface area contributed by atoms with Crippen LogP contribution >= 0.6 is 0 Å². The molecule has 1 unspecified atom stereocenters. The van der Waals surface area contributed by atoms with E-state index in [-0.39, 0.29) is 17.3 Å². The van der Waals surface area contributed by atoms with E-state index in [2.05, 4.69) is 15.2 Å². The maximum absolute atomic E-state index is 12.8. The Labute approximate surface area is 156 Å². The molecule has 0 bridgehead atoms. The lowest BCUT2D eigenvalue weighted by Crippen LogP contribution is -2.37. The van der Waals surface area contributed by atoms with E-state index in [4.69, 9.17) is 0 Å². The number of rotatable bonds is 5. The number of aryl methyl sites for hydroxylation is 1. The highest BCUT2D eigenvalue weighted by atomic mass is 19.4. The molecule has 0 saturated carbocycles. The normalized spacial score (nSPS) is 16.3. The van der Waals surface area contributed by atoms with Crippen molar-refractivity contribution < 1.29 is 18.0 Å². The Bertz CT molecular complexity index is 787. The van der Waals surface area contributed by atoms with Gasteiger partial charge in [-0.15, -0.1) is 0 Å². The van der Waals surface area contributed by atoms with Crippen LogP contribution in [-0.2, 0) is 6.18 Å². The first-order chi connectivity index (χ1) is 12.8. The first-order valence-electron chi connectivity index (χ1n) is 8.97. The standard InChI is InChI=1S/C20H22F3N3O/c1-14-16(9-10-18(24-14)20(21,22)23)19(27)25-17(13-26-11-5-6-12-26)15-7-3-2-4-8-15/h2-4,7-10,17H,5-6,11-13H2,1H3,(H,25,27). The Hall–Kier alpha value is -2.41. The molecule has 7 heteroatoms. The maximum atomic E-state index is 12.8. The molecule has 1 N–H and O–H groups in total. The summed E-state index contributed by atoms with van der Waals surface area (Å²) in [7, 11) is 0. The van der Waals surface area contributed by atoms with Gasteiger partial charge in [0, 0.05) is 6.54 Å². The Balaban J connectivity index is 1.79. The zero-order valence-corrected chi connectivity index (χ0v) is 15.1. The fourth-order valence-corrected chi connectivity index (χ4v) is 3.34. The molecule has 0 spiro atoms. The minimum atomic E-state index is -4.53. The van der Waals surface area contributed by atoms with Crippen LogP contribution in [0.4, 0.5) is 13.2 Å². The number of carbonyl (C=O) groups excluding carboxylic acids is 1. The maximum Gasteiger partial charge on any atom is 0.433 e. The molecule has 2 heterocycles. The summed E-state index contributed by atoms with van der Waals surface area (Å²) in [4.78, 5) is 18.6. The third-order valence-corrected chi connectivity index (χ3v) is 4.77. The van der Waals surface area contributed by atoms with E-state index in [1.807, 2.05) is 30.3 Å². The second kappa shape index (κ2) is 8.08. The number of likely N-dealkylation sites (tertiary alicyclic amines) is 1. The molecule has 1 aromatic carbocycles. The van der Waals surface area contributed by atoms with Gasteiger partial charge in [0.1, 0.15) is 5.69 Å². The van der Waals surface area contributed by atoms with Crippen molar-refractivity contribution in [1.82, 2.24) is 15.2 Å². The Morgan fingerprint density at radius 3 is 2.41 bits per heavy atom. The smallest absolute Gasteiger partial charge is 0.344 e. The molecule has 27 heavy (non-hydrogen) atoms. The SMILES string of the molecule is Cc1nc(C(F)(F)F)ccc1C(=O)NC(CN1CCCC1)c1ccccc1. The van der Waals surface area contributed by atoms with Gasteiger partial charge in [0.05, 0.1) is 17.3 Å². The summed E-state index contributed by atoms with van der Waals surface area (Å²) in [6.45, 7) is 4.06. The molecule has 144 valence electrons. The molecule has 4 nitrogen and oxygen atoms in total. The second-order valence-electron chi connectivity index (χ2n) is 6.77. The highest BCUT2D eigenvalue weighted by Gasteiger charge is 2.33. The highest BCUT2D eigenvalue weighted by molar-refractivity contribution is 5.95. The summed E-state index contributed by atoms with van der Waals surface area (Å²) in [6.07, 6.45) is -2.25. The third kappa shape index (κ3) is 4.86. The zero-order valence-electron chi connectivity index (χ0n) is 15.1. The van der Waals surface area contributed by atoms with Gasteiger partial charge < -0.3 is 10.2 Å². The van der Waals surface area contributed by atoms with Gasteiger partial charge >= 0.3 is 6.18 Å². The number of nitrogens with zero attached hydrogens (tertiary/aromatic N) is 2. The van der Waals surface area contributed by atoms with Crippen LogP contribution in [-0.4, -0.2) is 35.4 Å². The molecule has 1 aliphatic heterocycles. The molecular weight excluding hydrogens is 355 g/mol. The van der Waals surface area contributed by atoms with Gasteiger partial charge in [-0.1, -0.05) is 30.3 Å². The number of amides is 1. The van der Waals surface area contributed by atoms with Gasteiger partial charge in [-0.2, -0.15) is 13.2 Å². The molecule has 3 rings (SSSR count). The van der Waals surface area contributed by atoms with Gasteiger partial charge in [-0.05, 0) is 50.6 Å². The fourth-order valence-electron chi connectivity index (χ4n) is 3.34. The fraction of sp³-hybridized carbons (Fsp3) is 0.400. The number of benzene rings is 1. The van der Waals surface area contributed by atoms with E-state index in [1.54, 1.807) is 0 Å². The van der Waals surface area contributed by atoms with Crippen LogP contribution in [0.25, 0.3) is 0 Å². The quantitative estimate of drug-likeness (QED) is 0.857. The van der Waals surface area contributed by atoms with Crippen molar-refractivity contribution in [3.8, 4) is 0 Å². The molecular formula is C20H22F3N3O. The number of halogens is 3. The molecule has 1 aliphatic rings. The van der Waals surface area contributed by atoms with Crippen LogP contribution in [0.3, 0.4) is 0 Å². The first kappa shape index (κ1) is 19.4. The Morgan fingerprint density at radius 2 is 1.81 bits per heavy atom. The summed E-state index contributed by atoms with van der Waals surface area (Å²) in [5.41, 5.74) is 0.198. The van der Waals surface area contributed by atoms with E-state index < -0.39 is 17.8 Å². The Kier molecular flexibility index (Phi) is 5.79. The Morgan fingerprint density at radius 1 is 1.15 bits per heavy atom. The third-order valence-electron chi connectivity index (χ3n) is 4.77. The van der Waals surface area contributed by atoms with Crippen LogP contribution in [0.1, 0.15) is 46.2 Å². The lowest BCUT2D eigenvalue weighted by molar-refractivity contribution is -0.141. The van der Waals surface area contributed by atoms with E-state index in [0.29, 0.717) is 6.54 Å². The zero-order chi connectivity index (χ0) is 19.4. The molecule has 1 saturated heterocycles. The molecule has 1 fully saturated rings. The van der Waals surface area contributed by atoms with Crippen LogP contribution in [0.2, 0.25) is 0 Å². The van der Waals surface area contributed by atoms with Gasteiger partial charge in [0.25, 0.3) is 5.91 Å². The molecule has 1 amide bonds. The largest absolute Gasteiger partial charge is 0.433 e. The summed E-state index contributed by atoms with van der Waals surface area (Å²) >= 11 is 0. The number of carbonyl (C=O) groups is 1. The van der Waals surface area contributed by atoms with Gasteiger partial charge in [-0.25, -0.2) is 4.98 Å². The minimum Gasteiger partial charge on any atom is -0.344 e. The van der Waals surface area contributed by atoms with Crippen LogP contribution in [0.15, 0.2) is 42.5 Å². The predicted molar refractivity (Wildman–Crippen MR) is 96.3 cm³/mol. The number of pyridine rings is 1. The predicted octanol–water partition coefficient (Wildman–Crippen LogP) is 3.98. The number of hydrogen-bond donors (Lipinski definition) is 1. The number of aromatic nitrogens is 1. The van der Waals surface area contributed by atoms with E-state index in [0.717, 1.165) is 37.6 Å². The van der Waals surface area contributed by atoms with Crippen molar-refractivity contribution in [1.29, 1.82) is 0 Å². The van der Waals surface area contributed by atoms with E-state index >= 15 is 0 Å². The molecule has 0 radical (unpaired) electrons. The second-order valence-corrected chi connectivity index (χ2v) is 6.77. The van der Waals surface area contributed by atoms with E-state index in [9.17, 15) is 18.0 Å². The summed E-state index contributed by atoms with van der Waals surface area (Å²) < 4.78 is 38.4. The van der Waals surface area contributed by atoms with Crippen molar-refractivity contribution >= 4 is 5.91 Å². The van der Waals surface area contributed by atoms with Crippen molar-refractivity contribution in [3.63, 3.8) is 0 Å². The topological polar surface area (TPSA) is 45.2 Å². The van der Waals surface area contributed by atoms with Gasteiger partial charge in [0.2, 0.25) is 0 Å². The van der Waals surface area contributed by atoms with Crippen LogP contribution < -0.4 is 5.32 Å². The summed E-state index contributed by atoms with van der Waals surface area (Å²) in [5.74, 6) is -0.415. The first-order valence-corrected chi connectivity index (χ1v) is 8.97. The number of alkyl halides is 3. The number of nitrogens with one attached hydrogen (secondary N) is 1. The lowest BCUT2D eigenvalue weighted by atomic mass is 10.1. The number of hydrogen-bond acceptors (Lipinski definition) is 3. The van der Waals surface area contributed by atoms with Crippen molar-refractivity contribution in [2.45, 2.75) is 32.0 Å². The molecule has 1 atom stereocenters. The minimum absolute atomic E-state index is 0.0651. The lowest BCUT2D eigenvalue weighted by Gasteiger charge is -2.25.